The van der Waals surface area contributed by atoms with E-state index in [1.165, 1.54) is 11.5 Å². The van der Waals surface area contributed by atoms with Gasteiger partial charge in [-0.25, -0.2) is 0 Å². The number of rotatable bonds is 3. The summed E-state index contributed by atoms with van der Waals surface area (Å²) < 4.78 is 24.0. The van der Waals surface area contributed by atoms with Crippen LogP contribution in [0.2, 0.25) is 5.02 Å². The van der Waals surface area contributed by atoms with Crippen LogP contribution in [-0.4, -0.2) is 17.5 Å². The first-order chi connectivity index (χ1) is 12.7. The molecule has 1 heterocycles. The summed E-state index contributed by atoms with van der Waals surface area (Å²) in [5.41, 5.74) is 0.283. The summed E-state index contributed by atoms with van der Waals surface area (Å²) in [5.74, 6) is -0.492. The Bertz CT molecular complexity index is 1080. The average Bonchev–Trinajstić information content (AvgIpc) is 2.57. The summed E-state index contributed by atoms with van der Waals surface area (Å²) in [6.07, 6.45) is 0. The molecule has 0 radical (unpaired) electrons. The van der Waals surface area contributed by atoms with Crippen molar-refractivity contribution in [3.8, 4) is 5.69 Å². The molecule has 3 rings (SSSR count). The van der Waals surface area contributed by atoms with Gasteiger partial charge in [0.1, 0.15) is 5.69 Å². The number of halogens is 1. The van der Waals surface area contributed by atoms with Crippen molar-refractivity contribution >= 4 is 39.8 Å². The number of pyridine rings is 1. The summed E-state index contributed by atoms with van der Waals surface area (Å²) in [6, 6.07) is 13.6. The third-order valence-electron chi connectivity index (χ3n) is 3.58. The van der Waals surface area contributed by atoms with E-state index >= 15 is 0 Å². The number of anilines is 2. The van der Waals surface area contributed by atoms with E-state index in [-0.39, 0.29) is 11.4 Å². The van der Waals surface area contributed by atoms with Crippen molar-refractivity contribution < 1.29 is 8.91 Å². The molecule has 1 aromatic heterocycles. The molecular weight excluding hydrogens is 326 g/mol. The van der Waals surface area contributed by atoms with Crippen LogP contribution in [0, 0.1) is 0 Å². The largest absolute Gasteiger partial charge is 0.386 e. The Hall–Kier alpha value is -2.79. The van der Waals surface area contributed by atoms with Gasteiger partial charge in [-0.1, -0.05) is 29.8 Å². The van der Waals surface area contributed by atoms with E-state index in [4.69, 9.17) is 15.7 Å². The standard InChI is InChI=1S/C18H16ClN3O2/c1-11(23)21-17-16(20-2)14-9-8-12(19)10-15(14)22(18(17)24)13-6-4-3-5-7-13/h3-10,20H,1-2H3,(H,21,23)/i2D3. The van der Waals surface area contributed by atoms with E-state index in [0.29, 0.717) is 21.6 Å². The van der Waals surface area contributed by atoms with Crippen molar-refractivity contribution in [2.75, 3.05) is 17.6 Å². The number of fused-ring (bicyclic) bond motifs is 1. The number of amides is 1. The van der Waals surface area contributed by atoms with Gasteiger partial charge in [-0.3, -0.25) is 14.2 Å². The smallest absolute Gasteiger partial charge is 0.281 e. The molecule has 2 aromatic carbocycles. The minimum absolute atomic E-state index is 0.0223. The number of carbonyl (C=O) groups excluding carboxylic acids is 1. The van der Waals surface area contributed by atoms with Crippen LogP contribution < -0.4 is 16.2 Å². The summed E-state index contributed by atoms with van der Waals surface area (Å²) in [7, 11) is 0. The van der Waals surface area contributed by atoms with E-state index in [9.17, 15) is 9.59 Å². The number of nitrogens with zero attached hydrogens (tertiary/aromatic N) is 1. The van der Waals surface area contributed by atoms with Gasteiger partial charge >= 0.3 is 0 Å². The Balaban J connectivity index is 2.47. The van der Waals surface area contributed by atoms with Crippen molar-refractivity contribution in [3.63, 3.8) is 0 Å². The molecular formula is C18H16ClN3O2. The Morgan fingerprint density at radius 3 is 2.58 bits per heavy atom. The molecule has 3 aromatic rings. The molecule has 0 bridgehead atoms. The number of para-hydroxylation sites is 1. The molecule has 0 saturated heterocycles. The van der Waals surface area contributed by atoms with Crippen LogP contribution in [0.5, 0.6) is 0 Å². The van der Waals surface area contributed by atoms with E-state index in [2.05, 4.69) is 10.6 Å². The molecule has 0 spiro atoms. The summed E-state index contributed by atoms with van der Waals surface area (Å²) in [4.78, 5) is 24.9. The quantitative estimate of drug-likeness (QED) is 0.762. The van der Waals surface area contributed by atoms with Gasteiger partial charge in [-0.2, -0.15) is 0 Å². The maximum atomic E-state index is 13.2. The topological polar surface area (TPSA) is 63.1 Å². The van der Waals surface area contributed by atoms with Crippen molar-refractivity contribution in [1.82, 2.24) is 4.57 Å². The van der Waals surface area contributed by atoms with Gasteiger partial charge in [0.05, 0.1) is 11.2 Å². The van der Waals surface area contributed by atoms with Crippen LogP contribution in [0.25, 0.3) is 16.6 Å². The molecule has 0 atom stereocenters. The maximum Gasteiger partial charge on any atom is 0.281 e. The first-order valence-corrected chi connectivity index (χ1v) is 7.54. The fraction of sp³-hybridized carbons (Fsp3) is 0.111. The number of benzene rings is 2. The Kier molecular flexibility index (Phi) is 3.35. The highest BCUT2D eigenvalue weighted by Gasteiger charge is 2.18. The van der Waals surface area contributed by atoms with Crippen molar-refractivity contribution in [2.24, 2.45) is 0 Å². The van der Waals surface area contributed by atoms with E-state index in [1.807, 2.05) is 6.07 Å². The highest BCUT2D eigenvalue weighted by atomic mass is 35.5. The number of hydrogen-bond acceptors (Lipinski definition) is 3. The molecule has 24 heavy (non-hydrogen) atoms. The maximum absolute atomic E-state index is 13.2. The van der Waals surface area contributed by atoms with Crippen molar-refractivity contribution in [1.29, 1.82) is 0 Å². The molecule has 5 nitrogen and oxygen atoms in total. The monoisotopic (exact) mass is 344 g/mol. The second kappa shape index (κ2) is 6.37. The fourth-order valence-electron chi connectivity index (χ4n) is 2.62. The van der Waals surface area contributed by atoms with E-state index in [1.54, 1.807) is 42.5 Å². The third kappa shape index (κ3) is 2.74. The molecule has 1 amide bonds. The van der Waals surface area contributed by atoms with Crippen molar-refractivity contribution in [3.05, 3.63) is 63.9 Å². The third-order valence-corrected chi connectivity index (χ3v) is 3.81. The normalized spacial score (nSPS) is 13.0. The van der Waals surface area contributed by atoms with Crippen LogP contribution in [0.15, 0.2) is 53.3 Å². The first kappa shape index (κ1) is 12.6. The minimum Gasteiger partial charge on any atom is -0.386 e. The number of carbonyl (C=O) groups is 1. The van der Waals surface area contributed by atoms with Crippen LogP contribution in [0.4, 0.5) is 11.4 Å². The molecule has 6 heteroatoms. The molecule has 0 fully saturated rings. The molecule has 0 saturated carbocycles. The van der Waals surface area contributed by atoms with Gasteiger partial charge in [-0.05, 0) is 30.3 Å². The van der Waals surface area contributed by atoms with Crippen LogP contribution >= 0.6 is 11.6 Å². The Labute approximate surface area is 148 Å². The fourth-order valence-corrected chi connectivity index (χ4v) is 2.79. The van der Waals surface area contributed by atoms with Crippen molar-refractivity contribution in [2.45, 2.75) is 6.92 Å². The zero-order valence-corrected chi connectivity index (χ0v) is 13.5. The molecule has 122 valence electrons. The predicted molar refractivity (Wildman–Crippen MR) is 98.4 cm³/mol. The summed E-state index contributed by atoms with van der Waals surface area (Å²) in [6.45, 7) is -1.32. The van der Waals surface area contributed by atoms with Gasteiger partial charge < -0.3 is 10.6 Å². The zero-order valence-electron chi connectivity index (χ0n) is 15.8. The van der Waals surface area contributed by atoms with Gasteiger partial charge in [0.2, 0.25) is 5.91 Å². The van der Waals surface area contributed by atoms with Gasteiger partial charge in [0, 0.05) is 34.1 Å². The molecule has 2 N–H and O–H groups in total. The van der Waals surface area contributed by atoms with Crippen LogP contribution in [0.3, 0.4) is 0 Å². The van der Waals surface area contributed by atoms with Gasteiger partial charge in [-0.15, -0.1) is 0 Å². The second-order valence-corrected chi connectivity index (χ2v) is 5.63. The van der Waals surface area contributed by atoms with E-state index in [0.717, 1.165) is 0 Å². The summed E-state index contributed by atoms with van der Waals surface area (Å²) >= 11 is 6.12. The average molecular weight is 345 g/mol. The zero-order chi connectivity index (χ0) is 19.8. The number of aromatic nitrogens is 1. The minimum atomic E-state index is -2.56. The van der Waals surface area contributed by atoms with Crippen LogP contribution in [-0.2, 0) is 4.79 Å². The SMILES string of the molecule is [2H]C([2H])([2H])Nc1c(NC(C)=O)c(=O)n(-c2ccccc2)c2cc(Cl)ccc12. The summed E-state index contributed by atoms with van der Waals surface area (Å²) in [5, 5.41) is 5.65. The van der Waals surface area contributed by atoms with E-state index < -0.39 is 18.4 Å². The van der Waals surface area contributed by atoms with Crippen LogP contribution in [0.1, 0.15) is 11.0 Å². The highest BCUT2D eigenvalue weighted by molar-refractivity contribution is 6.31. The highest BCUT2D eigenvalue weighted by Crippen LogP contribution is 2.31. The lowest BCUT2D eigenvalue weighted by molar-refractivity contribution is -0.114. The predicted octanol–water partition coefficient (Wildman–Crippen LogP) is 3.64. The molecule has 0 aliphatic rings. The molecule has 0 aliphatic heterocycles. The lowest BCUT2D eigenvalue weighted by Gasteiger charge is -2.18. The Morgan fingerprint density at radius 1 is 1.17 bits per heavy atom. The lowest BCUT2D eigenvalue weighted by atomic mass is 10.1. The number of hydrogen-bond donors (Lipinski definition) is 2. The Morgan fingerprint density at radius 2 is 1.92 bits per heavy atom. The lowest BCUT2D eigenvalue weighted by Crippen LogP contribution is -2.26. The van der Waals surface area contributed by atoms with Gasteiger partial charge in [0.15, 0.2) is 0 Å². The molecule has 0 unspecified atom stereocenters. The number of nitrogens with one attached hydrogen (secondary N) is 2. The molecule has 0 aliphatic carbocycles. The van der Waals surface area contributed by atoms with Gasteiger partial charge in [0.25, 0.3) is 5.56 Å². The first-order valence-electron chi connectivity index (χ1n) is 8.67. The second-order valence-electron chi connectivity index (χ2n) is 5.19.